The fourth-order valence-corrected chi connectivity index (χ4v) is 2.08. The Bertz CT molecular complexity index is 842. The quantitative estimate of drug-likeness (QED) is 0.744. The van der Waals surface area contributed by atoms with Crippen molar-refractivity contribution in [1.29, 1.82) is 0 Å². The number of para-hydroxylation sites is 1. The molecular weight excluding hydrogens is 312 g/mol. The Kier molecular flexibility index (Phi) is 4.42. The van der Waals surface area contributed by atoms with Crippen molar-refractivity contribution in [2.45, 2.75) is 6.61 Å². The molecule has 1 N–H and O–H groups in total. The van der Waals surface area contributed by atoms with E-state index in [4.69, 9.17) is 19.1 Å². The summed E-state index contributed by atoms with van der Waals surface area (Å²) >= 11 is 0. The van der Waals surface area contributed by atoms with E-state index < -0.39 is 5.97 Å². The highest BCUT2D eigenvalue weighted by molar-refractivity contribution is 5.90. The Balaban J connectivity index is 1.71. The van der Waals surface area contributed by atoms with Crippen LogP contribution in [0.3, 0.4) is 0 Å². The molecule has 0 saturated carbocycles. The molecule has 0 fully saturated rings. The number of carbonyl (C=O) groups is 1. The van der Waals surface area contributed by atoms with Crippen LogP contribution >= 0.6 is 0 Å². The molecule has 0 aliphatic heterocycles. The maximum Gasteiger partial charge on any atom is 0.339 e. The highest BCUT2D eigenvalue weighted by Gasteiger charge is 2.13. The summed E-state index contributed by atoms with van der Waals surface area (Å²) in [5.74, 6) is 0.587. The van der Waals surface area contributed by atoms with Crippen LogP contribution in [-0.2, 0) is 6.61 Å². The van der Waals surface area contributed by atoms with E-state index in [0.29, 0.717) is 5.82 Å². The Hall–Kier alpha value is -3.35. The predicted molar refractivity (Wildman–Crippen MR) is 84.0 cm³/mol. The molecule has 0 saturated heterocycles. The predicted octanol–water partition coefficient (Wildman–Crippen LogP) is 3.02. The first kappa shape index (κ1) is 15.5. The van der Waals surface area contributed by atoms with Crippen molar-refractivity contribution in [3.8, 4) is 22.9 Å². The molecule has 24 heavy (non-hydrogen) atoms. The van der Waals surface area contributed by atoms with Gasteiger partial charge in [-0.25, -0.2) is 4.79 Å². The number of ether oxygens (including phenoxy) is 2. The minimum atomic E-state index is -1.06. The minimum Gasteiger partial charge on any atom is -0.497 e. The highest BCUT2D eigenvalue weighted by Crippen LogP contribution is 2.21. The molecule has 0 amide bonds. The second-order valence-corrected chi connectivity index (χ2v) is 4.83. The summed E-state index contributed by atoms with van der Waals surface area (Å²) in [7, 11) is 1.59. The Labute approximate surface area is 137 Å². The molecule has 0 bridgehead atoms. The number of carboxylic acids is 1. The number of methoxy groups -OCH3 is 1. The molecule has 0 spiro atoms. The van der Waals surface area contributed by atoms with Gasteiger partial charge in [-0.3, -0.25) is 0 Å². The first-order chi connectivity index (χ1) is 11.7. The first-order valence-corrected chi connectivity index (χ1v) is 7.09. The van der Waals surface area contributed by atoms with Gasteiger partial charge in [0.2, 0.25) is 5.82 Å². The summed E-state index contributed by atoms with van der Waals surface area (Å²) in [6.07, 6.45) is 0. The summed E-state index contributed by atoms with van der Waals surface area (Å²) in [6.45, 7) is -0.0204. The van der Waals surface area contributed by atoms with Crippen molar-refractivity contribution in [2.75, 3.05) is 7.11 Å². The number of aromatic carboxylic acids is 1. The topological polar surface area (TPSA) is 94.7 Å². The lowest BCUT2D eigenvalue weighted by molar-refractivity contribution is 0.0691. The molecule has 0 aliphatic rings. The van der Waals surface area contributed by atoms with Crippen LogP contribution in [0, 0.1) is 0 Å². The van der Waals surface area contributed by atoms with E-state index in [1.54, 1.807) is 37.4 Å². The van der Waals surface area contributed by atoms with Gasteiger partial charge in [0.15, 0.2) is 6.61 Å². The van der Waals surface area contributed by atoms with Gasteiger partial charge in [-0.1, -0.05) is 17.3 Å². The molecular formula is C17H14N2O5. The van der Waals surface area contributed by atoms with Gasteiger partial charge in [0.1, 0.15) is 17.1 Å². The van der Waals surface area contributed by atoms with Crippen LogP contribution in [0.4, 0.5) is 0 Å². The summed E-state index contributed by atoms with van der Waals surface area (Å²) in [6, 6.07) is 13.6. The molecule has 0 unspecified atom stereocenters. The normalized spacial score (nSPS) is 10.4. The van der Waals surface area contributed by atoms with E-state index in [0.717, 1.165) is 11.3 Å². The number of rotatable bonds is 6. The summed E-state index contributed by atoms with van der Waals surface area (Å²) in [5.41, 5.74) is 0.851. The van der Waals surface area contributed by atoms with E-state index in [1.165, 1.54) is 6.07 Å². The van der Waals surface area contributed by atoms with E-state index in [2.05, 4.69) is 10.1 Å². The van der Waals surface area contributed by atoms with Crippen molar-refractivity contribution in [3.63, 3.8) is 0 Å². The zero-order valence-electron chi connectivity index (χ0n) is 12.8. The fourth-order valence-electron chi connectivity index (χ4n) is 2.08. The fraction of sp³-hybridized carbons (Fsp3) is 0.118. The smallest absolute Gasteiger partial charge is 0.339 e. The molecule has 3 rings (SSSR count). The maximum atomic E-state index is 11.1. The number of carboxylic acid groups (broad SMARTS) is 1. The molecule has 0 radical (unpaired) electrons. The molecule has 2 aromatic carbocycles. The van der Waals surface area contributed by atoms with Gasteiger partial charge in [0, 0.05) is 5.56 Å². The molecule has 0 atom stereocenters. The zero-order chi connectivity index (χ0) is 16.9. The summed E-state index contributed by atoms with van der Waals surface area (Å²) in [5, 5.41) is 13.0. The molecule has 1 aromatic heterocycles. The number of aromatic nitrogens is 2. The van der Waals surface area contributed by atoms with Crippen molar-refractivity contribution in [1.82, 2.24) is 10.1 Å². The lowest BCUT2D eigenvalue weighted by Crippen LogP contribution is -2.03. The van der Waals surface area contributed by atoms with Gasteiger partial charge in [-0.05, 0) is 36.4 Å². The van der Waals surface area contributed by atoms with Gasteiger partial charge < -0.3 is 19.1 Å². The molecule has 0 aliphatic carbocycles. The average Bonchev–Trinajstić information content (AvgIpc) is 3.09. The number of benzene rings is 2. The Morgan fingerprint density at radius 2 is 1.92 bits per heavy atom. The van der Waals surface area contributed by atoms with Crippen LogP contribution in [0.5, 0.6) is 11.5 Å². The van der Waals surface area contributed by atoms with Crippen LogP contribution in [0.2, 0.25) is 0 Å². The molecule has 7 nitrogen and oxygen atoms in total. The minimum absolute atomic E-state index is 0.0204. The molecule has 1 heterocycles. The molecule has 3 aromatic rings. The molecule has 7 heteroatoms. The van der Waals surface area contributed by atoms with Crippen molar-refractivity contribution in [3.05, 3.63) is 60.0 Å². The third-order valence-electron chi connectivity index (χ3n) is 3.28. The third kappa shape index (κ3) is 3.35. The van der Waals surface area contributed by atoms with Gasteiger partial charge >= 0.3 is 5.97 Å². The standard InChI is InChI=1S/C17H14N2O5/c1-22-12-8-6-11(7-9-12)16-18-15(24-19-16)10-23-14-5-3-2-4-13(14)17(20)21/h2-9H,10H2,1H3,(H,20,21). The van der Waals surface area contributed by atoms with Gasteiger partial charge in [0.25, 0.3) is 5.89 Å². The van der Waals surface area contributed by atoms with Gasteiger partial charge in [-0.15, -0.1) is 0 Å². The lowest BCUT2D eigenvalue weighted by Gasteiger charge is -2.06. The van der Waals surface area contributed by atoms with Crippen molar-refractivity contribution in [2.24, 2.45) is 0 Å². The third-order valence-corrected chi connectivity index (χ3v) is 3.28. The van der Waals surface area contributed by atoms with E-state index >= 15 is 0 Å². The SMILES string of the molecule is COc1ccc(-c2noc(COc3ccccc3C(=O)O)n2)cc1. The van der Waals surface area contributed by atoms with E-state index in [1.807, 2.05) is 12.1 Å². The zero-order valence-corrected chi connectivity index (χ0v) is 12.8. The van der Waals surface area contributed by atoms with E-state index in [-0.39, 0.29) is 23.8 Å². The first-order valence-electron chi connectivity index (χ1n) is 7.09. The summed E-state index contributed by atoms with van der Waals surface area (Å²) < 4.78 is 15.7. The van der Waals surface area contributed by atoms with Crippen LogP contribution in [0.25, 0.3) is 11.4 Å². The van der Waals surface area contributed by atoms with E-state index in [9.17, 15) is 4.79 Å². The molecule has 122 valence electrons. The monoisotopic (exact) mass is 326 g/mol. The average molecular weight is 326 g/mol. The Morgan fingerprint density at radius 1 is 1.17 bits per heavy atom. The van der Waals surface area contributed by atoms with Crippen LogP contribution < -0.4 is 9.47 Å². The van der Waals surface area contributed by atoms with Crippen molar-refractivity contribution >= 4 is 5.97 Å². The van der Waals surface area contributed by atoms with Crippen LogP contribution in [0.15, 0.2) is 53.1 Å². The second-order valence-electron chi connectivity index (χ2n) is 4.83. The largest absolute Gasteiger partial charge is 0.497 e. The highest BCUT2D eigenvalue weighted by atomic mass is 16.5. The Morgan fingerprint density at radius 3 is 2.62 bits per heavy atom. The van der Waals surface area contributed by atoms with Gasteiger partial charge in [-0.2, -0.15) is 4.98 Å². The van der Waals surface area contributed by atoms with Crippen LogP contribution in [0.1, 0.15) is 16.2 Å². The number of hydrogen-bond acceptors (Lipinski definition) is 6. The number of hydrogen-bond donors (Lipinski definition) is 1. The van der Waals surface area contributed by atoms with Crippen LogP contribution in [-0.4, -0.2) is 28.3 Å². The lowest BCUT2D eigenvalue weighted by atomic mass is 10.2. The van der Waals surface area contributed by atoms with Crippen molar-refractivity contribution < 1.29 is 23.9 Å². The number of nitrogens with zero attached hydrogens (tertiary/aromatic N) is 2. The second kappa shape index (κ2) is 6.82. The maximum absolute atomic E-state index is 11.1. The summed E-state index contributed by atoms with van der Waals surface area (Å²) in [4.78, 5) is 15.4. The van der Waals surface area contributed by atoms with Gasteiger partial charge in [0.05, 0.1) is 7.11 Å².